The van der Waals surface area contributed by atoms with E-state index in [-0.39, 0.29) is 24.8 Å². The maximum absolute atomic E-state index is 3.48. The molecule has 4 aliphatic carbocycles. The Labute approximate surface area is 286 Å². The molecule has 0 amide bonds. The largest absolute Gasteiger partial charge is 1.00 e. The molecular weight excluding hydrogens is 655 g/mol. The van der Waals surface area contributed by atoms with Crippen molar-refractivity contribution in [3.05, 3.63) is 130 Å². The average molecular weight is 683 g/mol. The molecule has 0 aromatic heterocycles. The summed E-state index contributed by atoms with van der Waals surface area (Å²) >= 11 is 1.30. The van der Waals surface area contributed by atoms with E-state index in [4.69, 9.17) is 0 Å². The van der Waals surface area contributed by atoms with Crippen LogP contribution in [0.5, 0.6) is 0 Å². The standard InChI is InChI=1S/2C20H13.CH2.2ClH.Zr/c2*1-12-10-14-8-9-16-15-6-2-4-13-5-3-7-17(19(13)15)20(16)18(14)11-12;;;;/h2*2-7,9-10H,11H2,1H3;1H2;2*1H;/q2*-1;;;;+2/p-2. The summed E-state index contributed by atoms with van der Waals surface area (Å²) in [6.07, 6.45) is 6.69. The summed E-state index contributed by atoms with van der Waals surface area (Å²) < 4.78 is 3.34. The molecule has 44 heavy (non-hydrogen) atoms. The molecule has 6 aromatic rings. The molecular formula is C41H28Cl2Zr-2. The van der Waals surface area contributed by atoms with Crippen LogP contribution in [0.15, 0.2) is 96.1 Å². The zero-order chi connectivity index (χ0) is 28.5. The SMILES string of the molecule is CC1=Cc2[c-]cc3c(c2C1)-c1cccc2cccc-3c12.CC1=Cc2[c-]cc3c(c2C1)-c1cccc2cccc-3c12.[CH2]=[Zr+2].[Cl-].[Cl-]. The molecule has 0 saturated heterocycles. The fraction of sp³-hybridized carbons (Fsp3) is 0.0976. The van der Waals surface area contributed by atoms with Crippen LogP contribution in [0.4, 0.5) is 0 Å². The van der Waals surface area contributed by atoms with Crippen LogP contribution < -0.4 is 24.8 Å². The number of allylic oxidation sites excluding steroid dienone is 2. The molecule has 0 saturated carbocycles. The van der Waals surface area contributed by atoms with Gasteiger partial charge in [-0.3, -0.25) is 0 Å². The second-order valence-electron chi connectivity index (χ2n) is 11.7. The van der Waals surface area contributed by atoms with Crippen LogP contribution in [0.2, 0.25) is 0 Å². The van der Waals surface area contributed by atoms with Crippen LogP contribution in [-0.2, 0) is 37.1 Å². The molecule has 0 spiro atoms. The number of halogens is 2. The van der Waals surface area contributed by atoms with Crippen molar-refractivity contribution in [3.63, 3.8) is 0 Å². The van der Waals surface area contributed by atoms with E-state index in [1.54, 1.807) is 0 Å². The third kappa shape index (κ3) is 4.48. The Morgan fingerprint density at radius 3 is 1.27 bits per heavy atom. The Hall–Kier alpha value is -3.35. The number of fused-ring (bicyclic) bond motifs is 10. The van der Waals surface area contributed by atoms with Gasteiger partial charge in [0.05, 0.1) is 0 Å². The first-order valence-electron chi connectivity index (χ1n) is 14.6. The molecule has 0 fully saturated rings. The zero-order valence-corrected chi connectivity index (χ0v) is 28.6. The first-order valence-corrected chi connectivity index (χ1v) is 16.3. The first kappa shape index (κ1) is 30.7. The van der Waals surface area contributed by atoms with E-state index in [1.807, 2.05) is 0 Å². The van der Waals surface area contributed by atoms with E-state index in [9.17, 15) is 0 Å². The van der Waals surface area contributed by atoms with E-state index >= 15 is 0 Å². The van der Waals surface area contributed by atoms with Crippen molar-refractivity contribution in [1.29, 1.82) is 0 Å². The van der Waals surface area contributed by atoms with Crippen molar-refractivity contribution >= 4 is 37.9 Å². The van der Waals surface area contributed by atoms with Gasteiger partial charge in [-0.15, -0.1) is 69.8 Å². The molecule has 0 aliphatic heterocycles. The maximum atomic E-state index is 3.48. The predicted octanol–water partition coefficient (Wildman–Crippen LogP) is 4.47. The monoisotopic (exact) mass is 680 g/mol. The molecule has 0 atom stereocenters. The quantitative estimate of drug-likeness (QED) is 0.208. The van der Waals surface area contributed by atoms with Crippen molar-refractivity contribution in [2.75, 3.05) is 0 Å². The molecule has 3 heteroatoms. The van der Waals surface area contributed by atoms with E-state index in [0.29, 0.717) is 0 Å². The summed E-state index contributed by atoms with van der Waals surface area (Å²) in [4.78, 5) is 0. The van der Waals surface area contributed by atoms with Crippen molar-refractivity contribution in [2.24, 2.45) is 0 Å². The van der Waals surface area contributed by atoms with Crippen LogP contribution in [-0.4, -0.2) is 4.21 Å². The molecule has 0 unspecified atom stereocenters. The Morgan fingerprint density at radius 1 is 0.523 bits per heavy atom. The Morgan fingerprint density at radius 2 is 0.886 bits per heavy atom. The van der Waals surface area contributed by atoms with Crippen molar-refractivity contribution in [2.45, 2.75) is 26.7 Å². The van der Waals surface area contributed by atoms with E-state index in [1.165, 1.54) is 124 Å². The van der Waals surface area contributed by atoms with Crippen LogP contribution in [0.25, 0.3) is 78.2 Å². The van der Waals surface area contributed by atoms with Gasteiger partial charge in [0.1, 0.15) is 0 Å². The van der Waals surface area contributed by atoms with Crippen LogP contribution in [0.1, 0.15) is 36.1 Å². The van der Waals surface area contributed by atoms with Gasteiger partial charge in [0.15, 0.2) is 0 Å². The van der Waals surface area contributed by atoms with Crippen molar-refractivity contribution in [3.8, 4) is 44.5 Å². The minimum absolute atomic E-state index is 0. The molecule has 0 radical (unpaired) electrons. The first-order chi connectivity index (χ1) is 20.7. The third-order valence-electron chi connectivity index (χ3n) is 9.16. The number of rotatable bonds is 0. The van der Waals surface area contributed by atoms with E-state index in [0.717, 1.165) is 12.8 Å². The molecule has 212 valence electrons. The topological polar surface area (TPSA) is 0 Å². The van der Waals surface area contributed by atoms with E-state index < -0.39 is 0 Å². The van der Waals surface area contributed by atoms with Gasteiger partial charge in [-0.1, -0.05) is 120 Å². The maximum Gasteiger partial charge on any atom is -1.00 e. The fourth-order valence-electron chi connectivity index (χ4n) is 7.58. The fourth-order valence-corrected chi connectivity index (χ4v) is 7.58. The van der Waals surface area contributed by atoms with Crippen molar-refractivity contribution in [1.82, 2.24) is 0 Å². The second kappa shape index (κ2) is 11.9. The average Bonchev–Trinajstić information content (AvgIpc) is 3.77. The molecule has 0 bridgehead atoms. The Balaban J connectivity index is 0.000000142. The molecule has 4 aliphatic rings. The minimum atomic E-state index is 0. The normalized spacial score (nSPS) is 13.2. The van der Waals surface area contributed by atoms with Gasteiger partial charge in [0.2, 0.25) is 0 Å². The van der Waals surface area contributed by atoms with E-state index in [2.05, 4.69) is 127 Å². The predicted molar refractivity (Wildman–Crippen MR) is 176 cm³/mol. The summed E-state index contributed by atoms with van der Waals surface area (Å²) in [5.41, 5.74) is 19.5. The number of benzene rings is 6. The smallest absolute Gasteiger partial charge is 1.00 e. The van der Waals surface area contributed by atoms with Gasteiger partial charge < -0.3 is 24.8 Å². The van der Waals surface area contributed by atoms with Crippen molar-refractivity contribution < 1.29 is 49.0 Å². The molecule has 0 N–H and O–H groups in total. The van der Waals surface area contributed by atoms with Gasteiger partial charge >= 0.3 is 28.4 Å². The Bertz CT molecular complexity index is 2030. The Kier molecular flexibility index (Phi) is 8.27. The van der Waals surface area contributed by atoms with Gasteiger partial charge in [-0.2, -0.15) is 0 Å². The molecule has 0 nitrogen and oxygen atoms in total. The molecule has 6 aromatic carbocycles. The summed E-state index contributed by atoms with van der Waals surface area (Å²) in [6.45, 7) is 4.42. The molecule has 0 heterocycles. The summed E-state index contributed by atoms with van der Waals surface area (Å²) in [5.74, 6) is 0. The van der Waals surface area contributed by atoms with Gasteiger partial charge in [0.25, 0.3) is 0 Å². The van der Waals surface area contributed by atoms with Gasteiger partial charge in [-0.05, 0) is 45.5 Å². The molecule has 10 rings (SSSR count). The van der Waals surface area contributed by atoms with Crippen LogP contribution in [0.3, 0.4) is 0 Å². The zero-order valence-electron chi connectivity index (χ0n) is 24.6. The van der Waals surface area contributed by atoms with Crippen LogP contribution >= 0.6 is 0 Å². The minimum Gasteiger partial charge on any atom is -1.00 e. The number of hydrogen-bond acceptors (Lipinski definition) is 0. The third-order valence-corrected chi connectivity index (χ3v) is 9.16. The summed E-state index contributed by atoms with van der Waals surface area (Å²) in [6, 6.07) is 37.9. The van der Waals surface area contributed by atoms with Gasteiger partial charge in [0, 0.05) is 0 Å². The summed E-state index contributed by atoms with van der Waals surface area (Å²) in [5, 5.41) is 5.51. The second-order valence-corrected chi connectivity index (χ2v) is 11.7. The summed E-state index contributed by atoms with van der Waals surface area (Å²) in [7, 11) is 0. The van der Waals surface area contributed by atoms with Gasteiger partial charge in [-0.25, -0.2) is 0 Å². The van der Waals surface area contributed by atoms with Crippen LogP contribution in [0, 0.1) is 12.1 Å². The number of hydrogen-bond donors (Lipinski definition) is 0.